The number of aromatic nitrogens is 4. The van der Waals surface area contributed by atoms with Crippen LogP contribution in [0.5, 0.6) is 6.01 Å². The van der Waals surface area contributed by atoms with Crippen LogP contribution in [0.2, 0.25) is 0 Å². The number of halogens is 1. The minimum absolute atomic E-state index is 0.207. The Morgan fingerprint density at radius 2 is 1.74 bits per heavy atom. The number of H-pyrrole nitrogens is 1. The molecule has 0 amide bonds. The van der Waals surface area contributed by atoms with Gasteiger partial charge >= 0.3 is 6.01 Å². The van der Waals surface area contributed by atoms with Crippen molar-refractivity contribution in [2.45, 2.75) is 43.4 Å². The SMILES string of the molecule is COc1nccc(C2CCC(c3ncc[nH]3)CCC2c2ccc(F)cc2)n1. The predicted molar refractivity (Wildman–Crippen MR) is 100 cm³/mol. The first-order valence-corrected chi connectivity index (χ1v) is 9.36. The number of nitrogens with zero attached hydrogens (tertiary/aromatic N) is 3. The number of rotatable bonds is 4. The maximum Gasteiger partial charge on any atom is 0.316 e. The lowest BCUT2D eigenvalue weighted by Crippen LogP contribution is -2.12. The summed E-state index contributed by atoms with van der Waals surface area (Å²) in [6.45, 7) is 0. The van der Waals surface area contributed by atoms with E-state index in [0.29, 0.717) is 11.9 Å². The average molecular weight is 366 g/mol. The van der Waals surface area contributed by atoms with Crippen molar-refractivity contribution in [1.29, 1.82) is 0 Å². The summed E-state index contributed by atoms with van der Waals surface area (Å²) in [6.07, 6.45) is 9.48. The maximum absolute atomic E-state index is 13.5. The lowest BCUT2D eigenvalue weighted by Gasteiger charge is -2.25. The van der Waals surface area contributed by atoms with E-state index in [0.717, 1.165) is 42.8 Å². The van der Waals surface area contributed by atoms with Crippen LogP contribution in [0.25, 0.3) is 0 Å². The average Bonchev–Trinajstić information content (AvgIpc) is 3.15. The number of hydrogen-bond acceptors (Lipinski definition) is 4. The predicted octanol–water partition coefficient (Wildman–Crippen LogP) is 4.57. The molecule has 27 heavy (non-hydrogen) atoms. The van der Waals surface area contributed by atoms with Gasteiger partial charge in [-0.25, -0.2) is 14.4 Å². The van der Waals surface area contributed by atoms with Crippen molar-refractivity contribution >= 4 is 0 Å². The third-order valence-corrected chi connectivity index (χ3v) is 5.56. The van der Waals surface area contributed by atoms with Crippen LogP contribution < -0.4 is 4.74 Å². The monoisotopic (exact) mass is 366 g/mol. The molecule has 1 N–H and O–H groups in total. The van der Waals surface area contributed by atoms with E-state index in [9.17, 15) is 4.39 Å². The molecule has 6 heteroatoms. The van der Waals surface area contributed by atoms with Crippen LogP contribution in [-0.2, 0) is 0 Å². The number of imidazole rings is 1. The highest BCUT2D eigenvalue weighted by atomic mass is 19.1. The van der Waals surface area contributed by atoms with E-state index in [1.165, 1.54) is 0 Å². The Morgan fingerprint density at radius 3 is 2.44 bits per heavy atom. The number of ether oxygens (including phenoxy) is 1. The van der Waals surface area contributed by atoms with Crippen molar-refractivity contribution in [2.24, 2.45) is 0 Å². The van der Waals surface area contributed by atoms with Crippen molar-refractivity contribution in [3.05, 3.63) is 71.8 Å². The molecule has 140 valence electrons. The molecule has 5 nitrogen and oxygen atoms in total. The van der Waals surface area contributed by atoms with Gasteiger partial charge in [0, 0.05) is 30.4 Å². The van der Waals surface area contributed by atoms with Crippen LogP contribution >= 0.6 is 0 Å². The number of methoxy groups -OCH3 is 1. The van der Waals surface area contributed by atoms with Gasteiger partial charge in [0.15, 0.2) is 0 Å². The second kappa shape index (κ2) is 7.86. The molecule has 2 aromatic heterocycles. The van der Waals surface area contributed by atoms with Crippen molar-refractivity contribution in [2.75, 3.05) is 7.11 Å². The molecule has 0 aliphatic heterocycles. The summed E-state index contributed by atoms with van der Waals surface area (Å²) < 4.78 is 18.7. The third-order valence-electron chi connectivity index (χ3n) is 5.56. The van der Waals surface area contributed by atoms with Crippen molar-refractivity contribution < 1.29 is 9.13 Å². The summed E-state index contributed by atoms with van der Waals surface area (Å²) in [5.41, 5.74) is 2.13. The minimum atomic E-state index is -0.207. The Morgan fingerprint density at radius 1 is 0.963 bits per heavy atom. The normalized spacial score (nSPS) is 23.0. The molecule has 1 aromatic carbocycles. The van der Waals surface area contributed by atoms with Gasteiger partial charge in [0.2, 0.25) is 0 Å². The molecule has 3 atom stereocenters. The number of hydrogen-bond donors (Lipinski definition) is 1. The van der Waals surface area contributed by atoms with Crippen LogP contribution in [0.3, 0.4) is 0 Å². The van der Waals surface area contributed by atoms with E-state index in [2.05, 4.69) is 19.9 Å². The quantitative estimate of drug-likeness (QED) is 0.687. The van der Waals surface area contributed by atoms with E-state index in [4.69, 9.17) is 4.74 Å². The highest BCUT2D eigenvalue weighted by Crippen LogP contribution is 2.45. The van der Waals surface area contributed by atoms with E-state index in [1.807, 2.05) is 30.6 Å². The van der Waals surface area contributed by atoms with Gasteiger partial charge in [-0.05, 0) is 55.4 Å². The van der Waals surface area contributed by atoms with Crippen LogP contribution in [0, 0.1) is 5.82 Å². The fourth-order valence-corrected chi connectivity index (χ4v) is 4.20. The number of nitrogens with one attached hydrogen (secondary N) is 1. The topological polar surface area (TPSA) is 63.7 Å². The zero-order valence-electron chi connectivity index (χ0n) is 15.3. The van der Waals surface area contributed by atoms with Crippen LogP contribution in [0.15, 0.2) is 48.9 Å². The largest absolute Gasteiger partial charge is 0.467 e. The molecule has 1 aliphatic rings. The summed E-state index contributed by atoms with van der Waals surface area (Å²) >= 11 is 0. The number of aromatic amines is 1. The molecule has 4 rings (SSSR count). The Balaban J connectivity index is 1.68. The van der Waals surface area contributed by atoms with Crippen molar-refractivity contribution in [3.63, 3.8) is 0 Å². The van der Waals surface area contributed by atoms with Gasteiger partial charge in [-0.15, -0.1) is 0 Å². The third kappa shape index (κ3) is 3.84. The first-order valence-electron chi connectivity index (χ1n) is 9.36. The molecule has 0 radical (unpaired) electrons. The second-order valence-corrected chi connectivity index (χ2v) is 7.06. The van der Waals surface area contributed by atoms with Crippen LogP contribution in [0.4, 0.5) is 4.39 Å². The van der Waals surface area contributed by atoms with Gasteiger partial charge < -0.3 is 9.72 Å². The van der Waals surface area contributed by atoms with E-state index in [-0.39, 0.29) is 17.7 Å². The standard InChI is InChI=1S/C21H23FN4O/c1-27-21-25-11-10-19(26-21)18-9-5-15(20-23-12-13-24-20)4-8-17(18)14-2-6-16(22)7-3-14/h2-3,6-7,10-13,15,17-18H,4-5,8-9H2,1H3,(H,23,24). The maximum atomic E-state index is 13.5. The highest BCUT2D eigenvalue weighted by Gasteiger charge is 2.32. The summed E-state index contributed by atoms with van der Waals surface area (Å²) in [4.78, 5) is 16.5. The Labute approximate surface area is 158 Å². The molecule has 1 saturated carbocycles. The van der Waals surface area contributed by atoms with E-state index in [1.54, 1.807) is 25.4 Å². The minimum Gasteiger partial charge on any atom is -0.467 e. The second-order valence-electron chi connectivity index (χ2n) is 7.06. The molecule has 0 saturated heterocycles. The molecule has 3 unspecified atom stereocenters. The molecule has 1 aliphatic carbocycles. The van der Waals surface area contributed by atoms with Gasteiger partial charge in [-0.2, -0.15) is 4.98 Å². The summed E-state index contributed by atoms with van der Waals surface area (Å²) in [6, 6.07) is 9.25. The summed E-state index contributed by atoms with van der Waals surface area (Å²) in [5.74, 6) is 1.74. The van der Waals surface area contributed by atoms with Gasteiger partial charge in [0.25, 0.3) is 0 Å². The van der Waals surface area contributed by atoms with E-state index >= 15 is 0 Å². The van der Waals surface area contributed by atoms with E-state index < -0.39 is 0 Å². The molecule has 3 aromatic rings. The molecule has 2 heterocycles. The highest BCUT2D eigenvalue weighted by molar-refractivity contribution is 5.27. The first kappa shape index (κ1) is 17.6. The Bertz CT molecular complexity index is 866. The zero-order chi connectivity index (χ0) is 18.6. The first-order chi connectivity index (χ1) is 13.2. The smallest absolute Gasteiger partial charge is 0.316 e. The van der Waals surface area contributed by atoms with Crippen molar-refractivity contribution in [1.82, 2.24) is 19.9 Å². The van der Waals surface area contributed by atoms with Gasteiger partial charge in [0.05, 0.1) is 12.8 Å². The molecular weight excluding hydrogens is 343 g/mol. The summed E-state index contributed by atoms with van der Waals surface area (Å²) in [7, 11) is 1.58. The fourth-order valence-electron chi connectivity index (χ4n) is 4.20. The molecule has 0 spiro atoms. The van der Waals surface area contributed by atoms with Gasteiger partial charge in [-0.1, -0.05) is 12.1 Å². The van der Waals surface area contributed by atoms with Crippen LogP contribution in [-0.4, -0.2) is 27.0 Å². The van der Waals surface area contributed by atoms with Gasteiger partial charge in [-0.3, -0.25) is 0 Å². The Kier molecular flexibility index (Phi) is 5.14. The van der Waals surface area contributed by atoms with Crippen LogP contribution in [0.1, 0.15) is 60.5 Å². The Hall–Kier alpha value is -2.76. The fraction of sp³-hybridized carbons (Fsp3) is 0.381. The van der Waals surface area contributed by atoms with Crippen molar-refractivity contribution in [3.8, 4) is 6.01 Å². The zero-order valence-corrected chi connectivity index (χ0v) is 15.3. The molecular formula is C21H23FN4O. The lowest BCUT2D eigenvalue weighted by atomic mass is 9.80. The molecule has 1 fully saturated rings. The van der Waals surface area contributed by atoms with Gasteiger partial charge in [0.1, 0.15) is 11.6 Å². The molecule has 0 bridgehead atoms. The summed E-state index contributed by atoms with van der Waals surface area (Å²) in [5, 5.41) is 0. The lowest BCUT2D eigenvalue weighted by molar-refractivity contribution is 0.373. The number of benzene rings is 1.